The molecule has 2 heterocycles. The number of methoxy groups -OCH3 is 1. The number of carbonyl (C=O) groups excluding carboxylic acids is 1. The Labute approximate surface area is 164 Å². The molecule has 6 nitrogen and oxygen atoms in total. The number of para-hydroxylation sites is 1. The number of anilines is 4. The van der Waals surface area contributed by atoms with Gasteiger partial charge in [-0.3, -0.25) is 0 Å². The lowest BCUT2D eigenvalue weighted by molar-refractivity contribution is 0.0601. The summed E-state index contributed by atoms with van der Waals surface area (Å²) in [5.41, 5.74) is 3.88. The molecule has 1 aliphatic rings. The van der Waals surface area contributed by atoms with Gasteiger partial charge in [0, 0.05) is 23.5 Å². The number of nitrogens with zero attached hydrogens (tertiary/aromatic N) is 3. The van der Waals surface area contributed by atoms with E-state index in [9.17, 15) is 4.79 Å². The fraction of sp³-hybridized carbons (Fsp3) is 0.227. The molecule has 4 rings (SSSR count). The molecule has 142 valence electrons. The van der Waals surface area contributed by atoms with E-state index in [2.05, 4.69) is 51.4 Å². The number of fused-ring (bicyclic) bond motifs is 1. The third-order valence-corrected chi connectivity index (χ3v) is 4.86. The normalized spacial score (nSPS) is 15.2. The van der Waals surface area contributed by atoms with Crippen LogP contribution in [0.2, 0.25) is 0 Å². The van der Waals surface area contributed by atoms with Gasteiger partial charge in [-0.25, -0.2) is 14.8 Å². The van der Waals surface area contributed by atoms with Gasteiger partial charge in [0.15, 0.2) is 0 Å². The van der Waals surface area contributed by atoms with Crippen LogP contribution in [0.5, 0.6) is 0 Å². The number of esters is 1. The predicted octanol–water partition coefficient (Wildman–Crippen LogP) is 4.40. The maximum Gasteiger partial charge on any atom is 0.337 e. The van der Waals surface area contributed by atoms with E-state index in [1.807, 2.05) is 25.1 Å². The monoisotopic (exact) mass is 374 g/mol. The first-order valence-electron chi connectivity index (χ1n) is 9.23. The summed E-state index contributed by atoms with van der Waals surface area (Å²) in [6.07, 6.45) is 0.997. The maximum atomic E-state index is 11.6. The number of hydrogen-bond donors (Lipinski definition) is 1. The van der Waals surface area contributed by atoms with Crippen LogP contribution in [0, 0.1) is 6.92 Å². The minimum absolute atomic E-state index is 0.332. The summed E-state index contributed by atoms with van der Waals surface area (Å²) in [6.45, 7) is 4.09. The number of aromatic nitrogens is 2. The summed E-state index contributed by atoms with van der Waals surface area (Å²) in [7, 11) is 1.37. The first kappa shape index (κ1) is 18.0. The summed E-state index contributed by atoms with van der Waals surface area (Å²) in [5.74, 6) is 1.93. The molecule has 3 aromatic rings. The topological polar surface area (TPSA) is 67.3 Å². The standard InChI is InChI=1S/C22H22N4O2/c1-14-12-17-6-4-5-7-19(17)26(14)21-13-20(23-15(2)24-21)25-18-10-8-16(9-11-18)22(27)28-3/h4-11,13-14H,12H2,1-3H3,(H,23,24,25). The van der Waals surface area contributed by atoms with Crippen molar-refractivity contribution in [2.24, 2.45) is 0 Å². The van der Waals surface area contributed by atoms with E-state index in [1.165, 1.54) is 18.4 Å². The van der Waals surface area contributed by atoms with Crippen LogP contribution in [0.4, 0.5) is 23.0 Å². The molecular formula is C22H22N4O2. The van der Waals surface area contributed by atoms with Gasteiger partial charge >= 0.3 is 5.97 Å². The minimum atomic E-state index is -0.353. The number of aryl methyl sites for hydroxylation is 1. The van der Waals surface area contributed by atoms with Crippen molar-refractivity contribution in [1.29, 1.82) is 0 Å². The third kappa shape index (κ3) is 3.41. The van der Waals surface area contributed by atoms with Gasteiger partial charge in [0.1, 0.15) is 17.5 Å². The van der Waals surface area contributed by atoms with Crippen molar-refractivity contribution in [2.75, 3.05) is 17.3 Å². The predicted molar refractivity (Wildman–Crippen MR) is 110 cm³/mol. The van der Waals surface area contributed by atoms with Crippen LogP contribution in [0.3, 0.4) is 0 Å². The van der Waals surface area contributed by atoms with Gasteiger partial charge in [-0.2, -0.15) is 0 Å². The molecule has 1 atom stereocenters. The molecule has 0 amide bonds. The van der Waals surface area contributed by atoms with Gasteiger partial charge in [-0.15, -0.1) is 0 Å². The summed E-state index contributed by atoms with van der Waals surface area (Å²) in [6, 6.07) is 17.8. The molecule has 0 aliphatic carbocycles. The van der Waals surface area contributed by atoms with Gasteiger partial charge in [-0.1, -0.05) is 18.2 Å². The van der Waals surface area contributed by atoms with Crippen LogP contribution < -0.4 is 10.2 Å². The number of hydrogen-bond acceptors (Lipinski definition) is 6. The summed E-state index contributed by atoms with van der Waals surface area (Å²) < 4.78 is 4.74. The molecule has 0 bridgehead atoms. The fourth-order valence-corrected chi connectivity index (χ4v) is 3.61. The Morgan fingerprint density at radius 2 is 1.89 bits per heavy atom. The van der Waals surface area contributed by atoms with Crippen molar-refractivity contribution in [3.05, 3.63) is 71.5 Å². The van der Waals surface area contributed by atoms with Crippen molar-refractivity contribution in [3.8, 4) is 0 Å². The van der Waals surface area contributed by atoms with Crippen molar-refractivity contribution in [2.45, 2.75) is 26.3 Å². The molecule has 6 heteroatoms. The molecule has 28 heavy (non-hydrogen) atoms. The maximum absolute atomic E-state index is 11.6. The molecular weight excluding hydrogens is 352 g/mol. The van der Waals surface area contributed by atoms with Crippen LogP contribution >= 0.6 is 0 Å². The number of ether oxygens (including phenoxy) is 1. The lowest BCUT2D eigenvalue weighted by Gasteiger charge is -2.24. The molecule has 0 spiro atoms. The highest BCUT2D eigenvalue weighted by Crippen LogP contribution is 2.37. The largest absolute Gasteiger partial charge is 0.465 e. The average molecular weight is 374 g/mol. The van der Waals surface area contributed by atoms with E-state index >= 15 is 0 Å². The number of rotatable bonds is 4. The van der Waals surface area contributed by atoms with Gasteiger partial charge in [0.05, 0.1) is 12.7 Å². The average Bonchev–Trinajstić information content (AvgIpc) is 3.03. The number of carbonyl (C=O) groups is 1. The van der Waals surface area contributed by atoms with E-state index in [-0.39, 0.29) is 5.97 Å². The van der Waals surface area contributed by atoms with E-state index < -0.39 is 0 Å². The Morgan fingerprint density at radius 3 is 2.64 bits per heavy atom. The van der Waals surface area contributed by atoms with E-state index in [1.54, 1.807) is 12.1 Å². The molecule has 0 fully saturated rings. The number of benzene rings is 2. The van der Waals surface area contributed by atoms with E-state index in [0.29, 0.717) is 23.2 Å². The summed E-state index contributed by atoms with van der Waals surface area (Å²) in [5, 5.41) is 3.30. The lowest BCUT2D eigenvalue weighted by atomic mass is 10.1. The number of nitrogens with one attached hydrogen (secondary N) is 1. The Hall–Kier alpha value is -3.41. The van der Waals surface area contributed by atoms with Gasteiger partial charge in [0.2, 0.25) is 0 Å². The SMILES string of the molecule is COC(=O)c1ccc(Nc2cc(N3c4ccccc4CC3C)nc(C)n2)cc1. The Balaban J connectivity index is 1.62. The fourth-order valence-electron chi connectivity index (χ4n) is 3.61. The van der Waals surface area contributed by atoms with Crippen LogP contribution in [0.25, 0.3) is 0 Å². The highest BCUT2D eigenvalue weighted by Gasteiger charge is 2.28. The summed E-state index contributed by atoms with van der Waals surface area (Å²) in [4.78, 5) is 23.0. The second kappa shape index (κ2) is 7.31. The molecule has 1 aromatic heterocycles. The Kier molecular flexibility index (Phi) is 4.69. The molecule has 1 unspecified atom stereocenters. The second-order valence-electron chi connectivity index (χ2n) is 6.90. The Bertz CT molecular complexity index is 1020. The van der Waals surface area contributed by atoms with Crippen LogP contribution in [0.1, 0.15) is 28.7 Å². The molecule has 0 saturated heterocycles. The van der Waals surface area contributed by atoms with Crippen LogP contribution in [-0.2, 0) is 11.2 Å². The van der Waals surface area contributed by atoms with E-state index in [0.717, 1.165) is 17.9 Å². The smallest absolute Gasteiger partial charge is 0.337 e. The van der Waals surface area contributed by atoms with Crippen molar-refractivity contribution < 1.29 is 9.53 Å². The highest BCUT2D eigenvalue weighted by molar-refractivity contribution is 5.89. The minimum Gasteiger partial charge on any atom is -0.465 e. The molecule has 0 saturated carbocycles. The van der Waals surface area contributed by atoms with Gasteiger partial charge in [0.25, 0.3) is 0 Å². The zero-order valence-corrected chi connectivity index (χ0v) is 16.1. The van der Waals surface area contributed by atoms with Crippen molar-refractivity contribution >= 4 is 29.0 Å². The first-order valence-corrected chi connectivity index (χ1v) is 9.23. The summed E-state index contributed by atoms with van der Waals surface area (Å²) >= 11 is 0. The van der Waals surface area contributed by atoms with Crippen LogP contribution in [-0.4, -0.2) is 29.1 Å². The van der Waals surface area contributed by atoms with Crippen molar-refractivity contribution in [3.63, 3.8) is 0 Å². The lowest BCUT2D eigenvalue weighted by Crippen LogP contribution is -2.25. The highest BCUT2D eigenvalue weighted by atomic mass is 16.5. The molecule has 1 aliphatic heterocycles. The second-order valence-corrected chi connectivity index (χ2v) is 6.90. The van der Waals surface area contributed by atoms with Gasteiger partial charge < -0.3 is 15.0 Å². The first-order chi connectivity index (χ1) is 13.5. The van der Waals surface area contributed by atoms with Crippen molar-refractivity contribution in [1.82, 2.24) is 9.97 Å². The molecule has 0 radical (unpaired) electrons. The molecule has 2 aromatic carbocycles. The quantitative estimate of drug-likeness (QED) is 0.683. The van der Waals surface area contributed by atoms with Crippen LogP contribution in [0.15, 0.2) is 54.6 Å². The van der Waals surface area contributed by atoms with E-state index in [4.69, 9.17) is 4.74 Å². The zero-order chi connectivity index (χ0) is 19.7. The third-order valence-electron chi connectivity index (χ3n) is 4.86. The van der Waals surface area contributed by atoms with Gasteiger partial charge in [-0.05, 0) is 56.2 Å². The zero-order valence-electron chi connectivity index (χ0n) is 16.1. The molecule has 1 N–H and O–H groups in total. The Morgan fingerprint density at radius 1 is 1.14 bits per heavy atom.